The standard InChI is InChI=1S/C13H19FO/c1-3-6-10(2)12(9-15)11-7-4-5-8-13(11)14/h4-5,7-8,10,12,15H,3,6,9H2,1-2H3. The van der Waals surface area contributed by atoms with Gasteiger partial charge in [0.1, 0.15) is 5.82 Å². The minimum Gasteiger partial charge on any atom is -0.396 e. The van der Waals surface area contributed by atoms with Crippen LogP contribution in [0.4, 0.5) is 4.39 Å². The molecule has 2 heteroatoms. The normalized spacial score (nSPS) is 14.9. The van der Waals surface area contributed by atoms with E-state index in [9.17, 15) is 9.50 Å². The molecule has 0 aromatic heterocycles. The molecule has 2 unspecified atom stereocenters. The van der Waals surface area contributed by atoms with Crippen LogP contribution in [0.25, 0.3) is 0 Å². The predicted molar refractivity (Wildman–Crippen MR) is 60.3 cm³/mol. The van der Waals surface area contributed by atoms with Crippen molar-refractivity contribution in [3.05, 3.63) is 35.6 Å². The van der Waals surface area contributed by atoms with Crippen molar-refractivity contribution < 1.29 is 9.50 Å². The summed E-state index contributed by atoms with van der Waals surface area (Å²) in [5.74, 6) is 0.0301. The lowest BCUT2D eigenvalue weighted by Crippen LogP contribution is -2.15. The molecular formula is C13H19FO. The molecule has 1 N–H and O–H groups in total. The van der Waals surface area contributed by atoms with Crippen molar-refractivity contribution in [3.8, 4) is 0 Å². The molecule has 0 aliphatic carbocycles. The lowest BCUT2D eigenvalue weighted by molar-refractivity contribution is 0.222. The molecule has 1 aromatic carbocycles. The molecule has 84 valence electrons. The maximum Gasteiger partial charge on any atom is 0.126 e. The number of hydrogen-bond donors (Lipinski definition) is 1. The van der Waals surface area contributed by atoms with Crippen LogP contribution >= 0.6 is 0 Å². The predicted octanol–water partition coefficient (Wildman–Crippen LogP) is 3.34. The molecule has 0 spiro atoms. The smallest absolute Gasteiger partial charge is 0.126 e. The van der Waals surface area contributed by atoms with Gasteiger partial charge in [-0.25, -0.2) is 4.39 Å². The summed E-state index contributed by atoms with van der Waals surface area (Å²) < 4.78 is 13.5. The van der Waals surface area contributed by atoms with Crippen molar-refractivity contribution in [2.75, 3.05) is 6.61 Å². The lowest BCUT2D eigenvalue weighted by Gasteiger charge is -2.22. The summed E-state index contributed by atoms with van der Waals surface area (Å²) in [5, 5.41) is 9.33. The highest BCUT2D eigenvalue weighted by Crippen LogP contribution is 2.29. The molecule has 0 saturated carbocycles. The van der Waals surface area contributed by atoms with Crippen LogP contribution in [0, 0.1) is 11.7 Å². The third-order valence-corrected chi connectivity index (χ3v) is 2.93. The zero-order valence-corrected chi connectivity index (χ0v) is 9.41. The fourth-order valence-electron chi connectivity index (χ4n) is 2.02. The van der Waals surface area contributed by atoms with E-state index >= 15 is 0 Å². The van der Waals surface area contributed by atoms with E-state index in [0.29, 0.717) is 11.5 Å². The first kappa shape index (κ1) is 12.2. The van der Waals surface area contributed by atoms with Gasteiger partial charge < -0.3 is 5.11 Å². The summed E-state index contributed by atoms with van der Waals surface area (Å²) in [6.45, 7) is 4.19. The molecule has 0 aliphatic heterocycles. The van der Waals surface area contributed by atoms with Gasteiger partial charge in [-0.3, -0.25) is 0 Å². The Morgan fingerprint density at radius 1 is 1.33 bits per heavy atom. The van der Waals surface area contributed by atoms with Gasteiger partial charge in [-0.2, -0.15) is 0 Å². The second kappa shape index (κ2) is 5.86. The molecule has 2 atom stereocenters. The third-order valence-electron chi connectivity index (χ3n) is 2.93. The monoisotopic (exact) mass is 210 g/mol. The van der Waals surface area contributed by atoms with Crippen molar-refractivity contribution in [2.24, 2.45) is 5.92 Å². The van der Waals surface area contributed by atoms with Crippen LogP contribution in [0.3, 0.4) is 0 Å². The molecule has 1 aromatic rings. The van der Waals surface area contributed by atoms with Crippen LogP contribution in [-0.4, -0.2) is 11.7 Å². The first-order valence-corrected chi connectivity index (χ1v) is 5.56. The average Bonchev–Trinajstić information content (AvgIpc) is 2.22. The largest absolute Gasteiger partial charge is 0.396 e. The molecule has 0 radical (unpaired) electrons. The molecule has 1 rings (SSSR count). The van der Waals surface area contributed by atoms with Crippen LogP contribution in [0.15, 0.2) is 24.3 Å². The number of hydrogen-bond acceptors (Lipinski definition) is 1. The van der Waals surface area contributed by atoms with Crippen molar-refractivity contribution in [1.82, 2.24) is 0 Å². The van der Waals surface area contributed by atoms with E-state index in [1.54, 1.807) is 12.1 Å². The van der Waals surface area contributed by atoms with Gasteiger partial charge in [0, 0.05) is 5.92 Å². The number of aliphatic hydroxyl groups is 1. The summed E-state index contributed by atoms with van der Waals surface area (Å²) in [6.07, 6.45) is 2.08. The second-order valence-corrected chi connectivity index (χ2v) is 4.08. The van der Waals surface area contributed by atoms with E-state index in [4.69, 9.17) is 0 Å². The summed E-state index contributed by atoms with van der Waals surface area (Å²) in [4.78, 5) is 0. The van der Waals surface area contributed by atoms with E-state index in [1.807, 2.05) is 6.07 Å². The minimum absolute atomic E-state index is 0.0160. The number of aliphatic hydroxyl groups excluding tert-OH is 1. The zero-order chi connectivity index (χ0) is 11.3. The first-order chi connectivity index (χ1) is 7.20. The molecule has 0 saturated heterocycles. The fraction of sp³-hybridized carbons (Fsp3) is 0.538. The van der Waals surface area contributed by atoms with Crippen LogP contribution in [0.1, 0.15) is 38.2 Å². The Hall–Kier alpha value is -0.890. The number of rotatable bonds is 5. The molecule has 0 heterocycles. The van der Waals surface area contributed by atoms with Crippen LogP contribution in [0.2, 0.25) is 0 Å². The van der Waals surface area contributed by atoms with Gasteiger partial charge in [0.05, 0.1) is 6.61 Å². The van der Waals surface area contributed by atoms with Gasteiger partial charge in [-0.05, 0) is 17.5 Å². The van der Waals surface area contributed by atoms with Crippen molar-refractivity contribution in [2.45, 2.75) is 32.6 Å². The summed E-state index contributed by atoms with van der Waals surface area (Å²) >= 11 is 0. The zero-order valence-electron chi connectivity index (χ0n) is 9.41. The lowest BCUT2D eigenvalue weighted by atomic mass is 9.85. The van der Waals surface area contributed by atoms with Gasteiger partial charge >= 0.3 is 0 Å². The number of halogens is 1. The molecule has 15 heavy (non-hydrogen) atoms. The summed E-state index contributed by atoms with van der Waals surface area (Å²) in [7, 11) is 0. The Bertz CT molecular complexity index is 298. The number of benzene rings is 1. The van der Waals surface area contributed by atoms with Gasteiger partial charge in [-0.15, -0.1) is 0 Å². The van der Waals surface area contributed by atoms with Gasteiger partial charge in [0.2, 0.25) is 0 Å². The first-order valence-electron chi connectivity index (χ1n) is 5.56. The molecule has 0 aliphatic rings. The Kier molecular flexibility index (Phi) is 4.76. The summed E-state index contributed by atoms with van der Waals surface area (Å²) in [5.41, 5.74) is 0.640. The third kappa shape index (κ3) is 3.03. The van der Waals surface area contributed by atoms with E-state index in [1.165, 1.54) is 6.07 Å². The van der Waals surface area contributed by atoms with E-state index in [-0.39, 0.29) is 18.3 Å². The Balaban J connectivity index is 2.87. The Morgan fingerprint density at radius 3 is 2.53 bits per heavy atom. The minimum atomic E-state index is -0.209. The maximum absolute atomic E-state index is 13.5. The summed E-state index contributed by atoms with van der Waals surface area (Å²) in [6, 6.07) is 6.72. The second-order valence-electron chi connectivity index (χ2n) is 4.08. The van der Waals surface area contributed by atoms with E-state index in [2.05, 4.69) is 13.8 Å². The molecule has 1 nitrogen and oxygen atoms in total. The Labute approximate surface area is 90.9 Å². The van der Waals surface area contributed by atoms with Crippen LogP contribution in [0.5, 0.6) is 0 Å². The maximum atomic E-state index is 13.5. The SMILES string of the molecule is CCCC(C)C(CO)c1ccccc1F. The highest BCUT2D eigenvalue weighted by Gasteiger charge is 2.20. The fourth-order valence-corrected chi connectivity index (χ4v) is 2.02. The van der Waals surface area contributed by atoms with Gasteiger partial charge in [-0.1, -0.05) is 44.9 Å². The van der Waals surface area contributed by atoms with Crippen molar-refractivity contribution >= 4 is 0 Å². The average molecular weight is 210 g/mol. The molecular weight excluding hydrogens is 191 g/mol. The molecule has 0 amide bonds. The van der Waals surface area contributed by atoms with Crippen molar-refractivity contribution in [3.63, 3.8) is 0 Å². The highest BCUT2D eigenvalue weighted by molar-refractivity contribution is 5.22. The molecule has 0 fully saturated rings. The quantitative estimate of drug-likeness (QED) is 0.790. The van der Waals surface area contributed by atoms with Crippen LogP contribution in [-0.2, 0) is 0 Å². The van der Waals surface area contributed by atoms with Gasteiger partial charge in [0.15, 0.2) is 0 Å². The Morgan fingerprint density at radius 2 is 2.00 bits per heavy atom. The highest BCUT2D eigenvalue weighted by atomic mass is 19.1. The van der Waals surface area contributed by atoms with Gasteiger partial charge in [0.25, 0.3) is 0 Å². The van der Waals surface area contributed by atoms with Crippen molar-refractivity contribution in [1.29, 1.82) is 0 Å². The van der Waals surface area contributed by atoms with E-state index in [0.717, 1.165) is 12.8 Å². The van der Waals surface area contributed by atoms with E-state index < -0.39 is 0 Å². The van der Waals surface area contributed by atoms with Crippen LogP contribution < -0.4 is 0 Å². The topological polar surface area (TPSA) is 20.2 Å². The molecule has 0 bridgehead atoms.